The van der Waals surface area contributed by atoms with Crippen molar-refractivity contribution in [2.75, 3.05) is 26.7 Å². The Bertz CT molecular complexity index is 436. The molecule has 1 aromatic carbocycles. The van der Waals surface area contributed by atoms with Crippen molar-refractivity contribution in [2.24, 2.45) is 5.92 Å². The van der Waals surface area contributed by atoms with Gasteiger partial charge in [0.2, 0.25) is 0 Å². The summed E-state index contributed by atoms with van der Waals surface area (Å²) in [7, 11) is 1.85. The summed E-state index contributed by atoms with van der Waals surface area (Å²) in [6.07, 6.45) is 0.864. The molecule has 1 heterocycles. The molecule has 6 heteroatoms. The van der Waals surface area contributed by atoms with Gasteiger partial charge in [-0.3, -0.25) is 4.79 Å². The lowest BCUT2D eigenvalue weighted by Crippen LogP contribution is -2.31. The van der Waals surface area contributed by atoms with Gasteiger partial charge in [0.1, 0.15) is 17.2 Å². The predicted molar refractivity (Wildman–Crippen MR) is 71.5 cm³/mol. The van der Waals surface area contributed by atoms with Crippen molar-refractivity contribution in [3.05, 3.63) is 35.4 Å². The molecule has 0 radical (unpaired) electrons. The van der Waals surface area contributed by atoms with Gasteiger partial charge >= 0.3 is 0 Å². The normalized spacial score (nSPS) is 18.3. The van der Waals surface area contributed by atoms with E-state index >= 15 is 0 Å². The minimum Gasteiger partial charge on any atom is -0.338 e. The summed E-state index contributed by atoms with van der Waals surface area (Å²) in [5, 5.41) is 3.05. The van der Waals surface area contributed by atoms with Gasteiger partial charge in [-0.25, -0.2) is 8.78 Å². The highest BCUT2D eigenvalue weighted by Crippen LogP contribution is 2.21. The van der Waals surface area contributed by atoms with E-state index < -0.39 is 23.1 Å². The fraction of sp³-hybridized carbons (Fsp3) is 0.462. The van der Waals surface area contributed by atoms with E-state index in [9.17, 15) is 13.6 Å². The van der Waals surface area contributed by atoms with Crippen molar-refractivity contribution < 1.29 is 13.6 Å². The number of hydrogen-bond acceptors (Lipinski definition) is 2. The number of nitrogens with one attached hydrogen (secondary N) is 1. The monoisotopic (exact) mass is 290 g/mol. The molecule has 1 N–H and O–H groups in total. The Hall–Kier alpha value is -1.20. The number of hydrogen-bond donors (Lipinski definition) is 1. The SMILES string of the molecule is CNCC1CCN(C(=O)c2c(F)cccc2F)C1.Cl. The van der Waals surface area contributed by atoms with Crippen molar-refractivity contribution in [2.45, 2.75) is 6.42 Å². The standard InChI is InChI=1S/C13H16F2N2O.ClH/c1-16-7-9-5-6-17(8-9)13(18)12-10(14)3-2-4-11(12)15;/h2-4,9,16H,5-8H2,1H3;1H. The Morgan fingerprint density at radius 3 is 2.63 bits per heavy atom. The molecule has 0 aromatic heterocycles. The first-order chi connectivity index (χ1) is 8.63. The van der Waals surface area contributed by atoms with E-state index in [-0.39, 0.29) is 12.4 Å². The minimum atomic E-state index is -0.794. The van der Waals surface area contributed by atoms with E-state index in [0.717, 1.165) is 25.1 Å². The molecule has 1 aliphatic rings. The van der Waals surface area contributed by atoms with Gasteiger partial charge in [-0.15, -0.1) is 12.4 Å². The molecule has 1 fully saturated rings. The van der Waals surface area contributed by atoms with Crippen LogP contribution in [0.25, 0.3) is 0 Å². The van der Waals surface area contributed by atoms with Crippen molar-refractivity contribution in [3.63, 3.8) is 0 Å². The summed E-state index contributed by atoms with van der Waals surface area (Å²) in [6, 6.07) is 3.48. The van der Waals surface area contributed by atoms with Crippen molar-refractivity contribution in [3.8, 4) is 0 Å². The Balaban J connectivity index is 0.00000180. The third kappa shape index (κ3) is 3.42. The third-order valence-corrected chi connectivity index (χ3v) is 3.24. The molecule has 2 rings (SSSR count). The fourth-order valence-electron chi connectivity index (χ4n) is 2.33. The first kappa shape index (κ1) is 15.9. The maximum Gasteiger partial charge on any atom is 0.259 e. The van der Waals surface area contributed by atoms with Crippen LogP contribution in [0.2, 0.25) is 0 Å². The number of halogens is 3. The van der Waals surface area contributed by atoms with Crippen molar-refractivity contribution in [1.82, 2.24) is 10.2 Å². The average Bonchev–Trinajstić information content (AvgIpc) is 2.78. The summed E-state index contributed by atoms with van der Waals surface area (Å²) in [4.78, 5) is 13.6. The van der Waals surface area contributed by atoms with E-state index in [0.29, 0.717) is 19.0 Å². The van der Waals surface area contributed by atoms with Gasteiger partial charge in [-0.2, -0.15) is 0 Å². The number of carbonyl (C=O) groups excluding carboxylic acids is 1. The van der Waals surface area contributed by atoms with Crippen LogP contribution in [-0.2, 0) is 0 Å². The lowest BCUT2D eigenvalue weighted by atomic mass is 10.1. The smallest absolute Gasteiger partial charge is 0.259 e. The molecule has 1 atom stereocenters. The minimum absolute atomic E-state index is 0. The zero-order valence-corrected chi connectivity index (χ0v) is 11.5. The summed E-state index contributed by atoms with van der Waals surface area (Å²) < 4.78 is 27.0. The summed E-state index contributed by atoms with van der Waals surface area (Å²) in [5.41, 5.74) is -0.442. The quantitative estimate of drug-likeness (QED) is 0.924. The van der Waals surface area contributed by atoms with Crippen LogP contribution in [0.4, 0.5) is 8.78 Å². The van der Waals surface area contributed by atoms with Crippen LogP contribution in [0.15, 0.2) is 18.2 Å². The van der Waals surface area contributed by atoms with Crippen molar-refractivity contribution in [1.29, 1.82) is 0 Å². The number of rotatable bonds is 3. The Morgan fingerprint density at radius 2 is 2.05 bits per heavy atom. The molecule has 1 aromatic rings. The Labute approximate surface area is 117 Å². The molecule has 0 spiro atoms. The highest BCUT2D eigenvalue weighted by atomic mass is 35.5. The Morgan fingerprint density at radius 1 is 1.42 bits per heavy atom. The second-order valence-corrected chi connectivity index (χ2v) is 4.56. The number of carbonyl (C=O) groups is 1. The molecule has 0 saturated carbocycles. The summed E-state index contributed by atoms with van der Waals surface area (Å²) in [5.74, 6) is -1.79. The van der Waals surface area contributed by atoms with Gasteiger partial charge in [0.25, 0.3) is 5.91 Å². The van der Waals surface area contributed by atoms with Gasteiger partial charge in [-0.05, 0) is 38.1 Å². The first-order valence-corrected chi connectivity index (χ1v) is 6.01. The van der Waals surface area contributed by atoms with E-state index in [1.807, 2.05) is 7.05 Å². The van der Waals surface area contributed by atoms with E-state index in [2.05, 4.69) is 5.32 Å². The average molecular weight is 291 g/mol. The maximum absolute atomic E-state index is 13.5. The topological polar surface area (TPSA) is 32.3 Å². The van der Waals surface area contributed by atoms with Crippen molar-refractivity contribution >= 4 is 18.3 Å². The van der Waals surface area contributed by atoms with Crippen LogP contribution in [0, 0.1) is 17.6 Å². The maximum atomic E-state index is 13.5. The van der Waals surface area contributed by atoms with Gasteiger partial charge in [0.15, 0.2) is 0 Å². The van der Waals surface area contributed by atoms with Gasteiger partial charge in [-0.1, -0.05) is 6.07 Å². The molecule has 3 nitrogen and oxygen atoms in total. The number of nitrogens with zero attached hydrogens (tertiary/aromatic N) is 1. The summed E-state index contributed by atoms with van der Waals surface area (Å²) >= 11 is 0. The van der Waals surface area contributed by atoms with Gasteiger partial charge in [0, 0.05) is 13.1 Å². The number of benzene rings is 1. The lowest BCUT2D eigenvalue weighted by molar-refractivity contribution is 0.0777. The summed E-state index contributed by atoms with van der Waals surface area (Å²) in [6.45, 7) is 1.91. The third-order valence-electron chi connectivity index (χ3n) is 3.24. The van der Waals surface area contributed by atoms with Crippen LogP contribution in [0.5, 0.6) is 0 Å². The molecule has 1 unspecified atom stereocenters. The first-order valence-electron chi connectivity index (χ1n) is 6.01. The number of amides is 1. The Kier molecular flexibility index (Phi) is 5.69. The second-order valence-electron chi connectivity index (χ2n) is 4.56. The zero-order chi connectivity index (χ0) is 13.1. The molecular weight excluding hydrogens is 274 g/mol. The largest absolute Gasteiger partial charge is 0.338 e. The van der Waals surface area contributed by atoms with Gasteiger partial charge < -0.3 is 10.2 Å². The van der Waals surface area contributed by atoms with Crippen LogP contribution >= 0.6 is 12.4 Å². The lowest BCUT2D eigenvalue weighted by Gasteiger charge is -2.17. The molecule has 1 aliphatic heterocycles. The molecule has 0 bridgehead atoms. The molecule has 0 aliphatic carbocycles. The molecular formula is C13H17ClF2N2O. The van der Waals surface area contributed by atoms with Crippen LogP contribution < -0.4 is 5.32 Å². The highest BCUT2D eigenvalue weighted by molar-refractivity contribution is 5.94. The molecule has 1 saturated heterocycles. The second kappa shape index (κ2) is 6.82. The zero-order valence-electron chi connectivity index (χ0n) is 10.7. The van der Waals surface area contributed by atoms with E-state index in [4.69, 9.17) is 0 Å². The van der Waals surface area contributed by atoms with Crippen LogP contribution in [-0.4, -0.2) is 37.5 Å². The predicted octanol–water partition coefficient (Wildman–Crippen LogP) is 2.07. The van der Waals surface area contributed by atoms with E-state index in [1.54, 1.807) is 0 Å². The highest BCUT2D eigenvalue weighted by Gasteiger charge is 2.29. The molecule has 1 amide bonds. The number of likely N-dealkylation sites (tertiary alicyclic amines) is 1. The van der Waals surface area contributed by atoms with Gasteiger partial charge in [0.05, 0.1) is 0 Å². The molecule has 19 heavy (non-hydrogen) atoms. The van der Waals surface area contributed by atoms with Crippen LogP contribution in [0.1, 0.15) is 16.8 Å². The van der Waals surface area contributed by atoms with E-state index in [1.165, 1.54) is 11.0 Å². The molecule has 106 valence electrons. The van der Waals surface area contributed by atoms with Crippen LogP contribution in [0.3, 0.4) is 0 Å². The fourth-order valence-corrected chi connectivity index (χ4v) is 2.33.